The van der Waals surface area contributed by atoms with Crippen LogP contribution in [0.25, 0.3) is 0 Å². The molecule has 1 fully saturated rings. The van der Waals surface area contributed by atoms with Crippen LogP contribution in [0.5, 0.6) is 5.75 Å². The first-order valence-electron chi connectivity index (χ1n) is 8.68. The normalized spacial score (nSPS) is 17.6. The maximum absolute atomic E-state index is 13.2. The summed E-state index contributed by atoms with van der Waals surface area (Å²) in [7, 11) is -3.57. The first-order chi connectivity index (χ1) is 12.8. The Bertz CT molecular complexity index is 871. The van der Waals surface area contributed by atoms with Gasteiger partial charge >= 0.3 is 0 Å². The van der Waals surface area contributed by atoms with Crippen LogP contribution in [0.15, 0.2) is 53.0 Å². The maximum Gasteiger partial charge on any atom is 0.217 e. The third-order valence-electron chi connectivity index (χ3n) is 4.53. The summed E-state index contributed by atoms with van der Waals surface area (Å²) in [5.74, 6) is -0.157. The zero-order chi connectivity index (χ0) is 19.4. The van der Waals surface area contributed by atoms with Gasteiger partial charge < -0.3 is 9.84 Å². The molecule has 1 atom stereocenters. The highest BCUT2D eigenvalue weighted by molar-refractivity contribution is 9.10. The molecule has 1 unspecified atom stereocenters. The molecule has 1 aliphatic rings. The van der Waals surface area contributed by atoms with E-state index in [4.69, 9.17) is 4.74 Å². The molecular weight excluding hydrogens is 437 g/mol. The van der Waals surface area contributed by atoms with Crippen molar-refractivity contribution in [1.82, 2.24) is 4.31 Å². The maximum atomic E-state index is 13.2. The fraction of sp³-hybridized carbons (Fsp3) is 0.368. The number of sulfonamides is 1. The molecule has 3 rings (SSSR count). The van der Waals surface area contributed by atoms with Gasteiger partial charge in [0.1, 0.15) is 17.7 Å². The number of nitrogens with zero attached hydrogens (tertiary/aromatic N) is 1. The van der Waals surface area contributed by atoms with E-state index in [1.165, 1.54) is 16.4 Å². The van der Waals surface area contributed by atoms with Gasteiger partial charge in [-0.2, -0.15) is 0 Å². The first-order valence-corrected chi connectivity index (χ1v) is 11.1. The van der Waals surface area contributed by atoms with Crippen LogP contribution in [0, 0.1) is 5.82 Å². The molecule has 2 aromatic rings. The minimum atomic E-state index is -3.57. The lowest BCUT2D eigenvalue weighted by Gasteiger charge is -2.32. The third kappa shape index (κ3) is 5.28. The molecule has 0 spiro atoms. The van der Waals surface area contributed by atoms with E-state index in [1.807, 2.05) is 6.07 Å². The lowest BCUT2D eigenvalue weighted by atomic mass is 10.1. The minimum absolute atomic E-state index is 0.141. The number of aliphatic hydroxyl groups is 1. The number of ether oxygens (including phenoxy) is 1. The largest absolute Gasteiger partial charge is 0.489 e. The summed E-state index contributed by atoms with van der Waals surface area (Å²) >= 11 is 3.27. The number of hydrogen-bond donors (Lipinski definition) is 1. The predicted octanol–water partition coefficient (Wildman–Crippen LogP) is 3.49. The van der Waals surface area contributed by atoms with Gasteiger partial charge in [0.15, 0.2) is 0 Å². The molecule has 0 aromatic heterocycles. The third-order valence-corrected chi connectivity index (χ3v) is 7.04. The number of benzene rings is 2. The van der Waals surface area contributed by atoms with Crippen molar-refractivity contribution in [3.05, 3.63) is 64.4 Å². The molecule has 1 heterocycles. The molecule has 27 heavy (non-hydrogen) atoms. The summed E-state index contributed by atoms with van der Waals surface area (Å²) in [6, 6.07) is 13.0. The van der Waals surface area contributed by atoms with E-state index in [0.29, 0.717) is 41.7 Å². The second kappa shape index (κ2) is 8.68. The molecule has 0 amide bonds. The second-order valence-electron chi connectivity index (χ2n) is 6.50. The molecule has 0 radical (unpaired) electrons. The Kier molecular flexibility index (Phi) is 6.52. The Morgan fingerprint density at radius 2 is 1.85 bits per heavy atom. The summed E-state index contributed by atoms with van der Waals surface area (Å²) in [6.45, 7) is 0.653. The van der Waals surface area contributed by atoms with Crippen LogP contribution in [0.4, 0.5) is 4.39 Å². The van der Waals surface area contributed by atoms with Gasteiger partial charge in [-0.25, -0.2) is 17.1 Å². The quantitative estimate of drug-likeness (QED) is 0.720. The van der Waals surface area contributed by atoms with Crippen LogP contribution >= 0.6 is 15.9 Å². The summed E-state index contributed by atoms with van der Waals surface area (Å²) in [5.41, 5.74) is 0.584. The Morgan fingerprint density at radius 3 is 2.48 bits per heavy atom. The van der Waals surface area contributed by atoms with E-state index in [-0.39, 0.29) is 17.7 Å². The van der Waals surface area contributed by atoms with Crippen LogP contribution in [0.2, 0.25) is 0 Å². The molecular formula is C19H21BrFNO4S. The van der Waals surface area contributed by atoms with Crippen LogP contribution in [0.3, 0.4) is 0 Å². The van der Waals surface area contributed by atoms with Crippen LogP contribution in [0.1, 0.15) is 24.5 Å². The van der Waals surface area contributed by atoms with Crippen molar-refractivity contribution in [1.29, 1.82) is 0 Å². The van der Waals surface area contributed by atoms with Gasteiger partial charge in [-0.1, -0.05) is 30.3 Å². The van der Waals surface area contributed by atoms with Crippen LogP contribution < -0.4 is 4.74 Å². The van der Waals surface area contributed by atoms with Crippen molar-refractivity contribution in [3.63, 3.8) is 0 Å². The standard InChI is InChI=1S/C19H21BrFNO4S/c20-17-12-15(21)6-7-19(17)26-16-8-10-22(11-9-16)27(24,25)13-18(23)14-4-2-1-3-5-14/h1-7,12,16,18,23H,8-11,13H2. The zero-order valence-corrected chi connectivity index (χ0v) is 17.0. The van der Waals surface area contributed by atoms with Crippen molar-refractivity contribution in [2.45, 2.75) is 25.0 Å². The van der Waals surface area contributed by atoms with E-state index in [0.717, 1.165) is 0 Å². The monoisotopic (exact) mass is 457 g/mol. The topological polar surface area (TPSA) is 66.8 Å². The van der Waals surface area contributed by atoms with Crippen LogP contribution in [-0.2, 0) is 10.0 Å². The smallest absolute Gasteiger partial charge is 0.217 e. The van der Waals surface area contributed by atoms with Crippen molar-refractivity contribution in [2.75, 3.05) is 18.8 Å². The Hall–Kier alpha value is -1.48. The van der Waals surface area contributed by atoms with Crippen molar-refractivity contribution in [2.24, 2.45) is 0 Å². The lowest BCUT2D eigenvalue weighted by Crippen LogP contribution is -2.43. The first kappa shape index (κ1) is 20.3. The van der Waals surface area contributed by atoms with E-state index < -0.39 is 16.1 Å². The summed E-state index contributed by atoms with van der Waals surface area (Å²) < 4.78 is 46.2. The molecule has 1 saturated heterocycles. The minimum Gasteiger partial charge on any atom is -0.489 e. The second-order valence-corrected chi connectivity index (χ2v) is 9.36. The molecule has 146 valence electrons. The lowest BCUT2D eigenvalue weighted by molar-refractivity contribution is 0.133. The highest BCUT2D eigenvalue weighted by Crippen LogP contribution is 2.29. The van der Waals surface area contributed by atoms with Gasteiger partial charge in [-0.15, -0.1) is 0 Å². The highest BCUT2D eigenvalue weighted by Gasteiger charge is 2.31. The van der Waals surface area contributed by atoms with Crippen molar-refractivity contribution >= 4 is 26.0 Å². The molecule has 0 saturated carbocycles. The molecule has 8 heteroatoms. The van der Waals surface area contributed by atoms with Gasteiger partial charge in [0.25, 0.3) is 0 Å². The van der Waals surface area contributed by atoms with Crippen molar-refractivity contribution < 1.29 is 22.7 Å². The fourth-order valence-corrected chi connectivity index (χ4v) is 5.07. The number of aliphatic hydroxyl groups excluding tert-OH is 1. The van der Waals surface area contributed by atoms with Gasteiger partial charge in [0.2, 0.25) is 10.0 Å². The molecule has 0 bridgehead atoms. The number of rotatable bonds is 6. The highest BCUT2D eigenvalue weighted by atomic mass is 79.9. The number of hydrogen-bond acceptors (Lipinski definition) is 4. The van der Waals surface area contributed by atoms with E-state index >= 15 is 0 Å². The molecule has 2 aromatic carbocycles. The van der Waals surface area contributed by atoms with E-state index in [1.54, 1.807) is 30.3 Å². The van der Waals surface area contributed by atoms with E-state index in [2.05, 4.69) is 15.9 Å². The Morgan fingerprint density at radius 1 is 1.19 bits per heavy atom. The van der Waals surface area contributed by atoms with Gasteiger partial charge in [0, 0.05) is 13.1 Å². The number of piperidine rings is 1. The van der Waals surface area contributed by atoms with Gasteiger partial charge in [-0.05, 0) is 52.5 Å². The predicted molar refractivity (Wildman–Crippen MR) is 105 cm³/mol. The van der Waals surface area contributed by atoms with Crippen molar-refractivity contribution in [3.8, 4) is 5.75 Å². The Labute approximate surface area is 166 Å². The molecule has 1 aliphatic heterocycles. The average molecular weight is 458 g/mol. The molecule has 0 aliphatic carbocycles. The molecule has 5 nitrogen and oxygen atoms in total. The number of halogens is 2. The Balaban J connectivity index is 1.56. The van der Waals surface area contributed by atoms with Gasteiger partial charge in [-0.3, -0.25) is 0 Å². The summed E-state index contributed by atoms with van der Waals surface area (Å²) in [5, 5.41) is 10.2. The van der Waals surface area contributed by atoms with Gasteiger partial charge in [0.05, 0.1) is 16.3 Å². The molecule has 1 N–H and O–H groups in total. The van der Waals surface area contributed by atoms with Crippen LogP contribution in [-0.4, -0.2) is 42.8 Å². The average Bonchev–Trinajstić information content (AvgIpc) is 2.65. The fourth-order valence-electron chi connectivity index (χ4n) is 3.05. The summed E-state index contributed by atoms with van der Waals surface area (Å²) in [6.07, 6.45) is -0.132. The van der Waals surface area contributed by atoms with E-state index in [9.17, 15) is 17.9 Å². The zero-order valence-electron chi connectivity index (χ0n) is 14.6. The SMILES string of the molecule is O=S(=O)(CC(O)c1ccccc1)N1CCC(Oc2ccc(F)cc2Br)CC1. The summed E-state index contributed by atoms with van der Waals surface area (Å²) in [4.78, 5) is 0.